The van der Waals surface area contributed by atoms with Gasteiger partial charge in [-0.3, -0.25) is 4.79 Å². The molecule has 0 bridgehead atoms. The van der Waals surface area contributed by atoms with Gasteiger partial charge in [0.15, 0.2) is 0 Å². The SMILES string of the molecule is CC/C=C(NC)/C(C)=C/C(C=O)=C\C(Cc1cccc(OC)c1)=C(C)CC. The fourth-order valence-electron chi connectivity index (χ4n) is 2.86. The molecule has 27 heavy (non-hydrogen) atoms. The third kappa shape index (κ3) is 7.30. The Morgan fingerprint density at radius 2 is 1.93 bits per heavy atom. The second-order valence-electron chi connectivity index (χ2n) is 6.55. The van der Waals surface area contributed by atoms with E-state index in [2.05, 4.69) is 38.2 Å². The van der Waals surface area contributed by atoms with Gasteiger partial charge in [-0.2, -0.15) is 0 Å². The number of methoxy groups -OCH3 is 1. The van der Waals surface area contributed by atoms with Gasteiger partial charge in [-0.05, 0) is 74.1 Å². The van der Waals surface area contributed by atoms with Crippen molar-refractivity contribution in [3.05, 3.63) is 76.0 Å². The Labute approximate surface area is 164 Å². The van der Waals surface area contributed by atoms with Crippen LogP contribution in [0.5, 0.6) is 5.75 Å². The molecule has 0 aromatic heterocycles. The quantitative estimate of drug-likeness (QED) is 0.335. The minimum atomic E-state index is 0.676. The molecular formula is C24H33NO2. The van der Waals surface area contributed by atoms with Crippen molar-refractivity contribution in [2.75, 3.05) is 14.2 Å². The Hall–Kier alpha value is -2.55. The Kier molecular flexibility index (Phi) is 9.95. The van der Waals surface area contributed by atoms with Gasteiger partial charge in [0.1, 0.15) is 12.0 Å². The van der Waals surface area contributed by atoms with Gasteiger partial charge in [0, 0.05) is 18.3 Å². The van der Waals surface area contributed by atoms with E-state index < -0.39 is 0 Å². The number of hydrogen-bond donors (Lipinski definition) is 1. The summed E-state index contributed by atoms with van der Waals surface area (Å²) < 4.78 is 5.33. The highest BCUT2D eigenvalue weighted by Crippen LogP contribution is 2.21. The zero-order chi connectivity index (χ0) is 20.2. The molecule has 0 aliphatic heterocycles. The van der Waals surface area contributed by atoms with Crippen LogP contribution < -0.4 is 10.1 Å². The van der Waals surface area contributed by atoms with Gasteiger partial charge in [0.25, 0.3) is 0 Å². The molecule has 0 amide bonds. The van der Waals surface area contributed by atoms with E-state index in [1.165, 1.54) is 16.7 Å². The van der Waals surface area contributed by atoms with Gasteiger partial charge >= 0.3 is 0 Å². The van der Waals surface area contributed by atoms with Crippen LogP contribution in [0.15, 0.2) is 70.5 Å². The molecule has 1 N–H and O–H groups in total. The van der Waals surface area contributed by atoms with Crippen LogP contribution in [-0.2, 0) is 11.2 Å². The summed E-state index contributed by atoms with van der Waals surface area (Å²) in [7, 11) is 3.58. The fraction of sp³-hybridized carbons (Fsp3) is 0.375. The predicted molar refractivity (Wildman–Crippen MR) is 115 cm³/mol. The van der Waals surface area contributed by atoms with E-state index in [9.17, 15) is 4.79 Å². The third-order valence-corrected chi connectivity index (χ3v) is 4.57. The number of nitrogens with one attached hydrogen (secondary N) is 1. The zero-order valence-corrected chi connectivity index (χ0v) is 17.6. The first-order valence-electron chi connectivity index (χ1n) is 9.53. The molecule has 3 nitrogen and oxygen atoms in total. The third-order valence-electron chi connectivity index (χ3n) is 4.57. The summed E-state index contributed by atoms with van der Waals surface area (Å²) in [5.74, 6) is 0.847. The van der Waals surface area contributed by atoms with E-state index in [1.54, 1.807) is 7.11 Å². The molecule has 0 aliphatic carbocycles. The molecule has 0 fully saturated rings. The Morgan fingerprint density at radius 3 is 2.48 bits per heavy atom. The Balaban J connectivity index is 3.26. The molecule has 0 saturated carbocycles. The highest BCUT2D eigenvalue weighted by molar-refractivity contribution is 5.79. The maximum Gasteiger partial charge on any atom is 0.150 e. The van der Waals surface area contributed by atoms with Crippen LogP contribution in [0.3, 0.4) is 0 Å². The van der Waals surface area contributed by atoms with Crippen molar-refractivity contribution in [3.63, 3.8) is 0 Å². The number of carbonyl (C=O) groups excluding carboxylic acids is 1. The van der Waals surface area contributed by atoms with Gasteiger partial charge in [-0.1, -0.05) is 37.6 Å². The number of carbonyl (C=O) groups is 1. The molecule has 0 radical (unpaired) electrons. The molecule has 0 aliphatic rings. The van der Waals surface area contributed by atoms with Crippen molar-refractivity contribution in [1.82, 2.24) is 5.32 Å². The van der Waals surface area contributed by atoms with Crippen LogP contribution in [0.2, 0.25) is 0 Å². The van der Waals surface area contributed by atoms with E-state index >= 15 is 0 Å². The fourth-order valence-corrected chi connectivity index (χ4v) is 2.86. The minimum absolute atomic E-state index is 0.676. The number of rotatable bonds is 10. The first-order valence-corrected chi connectivity index (χ1v) is 9.53. The normalized spacial score (nSPS) is 13.9. The van der Waals surface area contributed by atoms with E-state index in [0.717, 1.165) is 42.6 Å². The van der Waals surface area contributed by atoms with E-state index in [4.69, 9.17) is 4.74 Å². The van der Waals surface area contributed by atoms with Gasteiger partial charge < -0.3 is 10.1 Å². The molecule has 1 aromatic rings. The van der Waals surface area contributed by atoms with Crippen molar-refractivity contribution in [1.29, 1.82) is 0 Å². The number of likely N-dealkylation sites (N-methyl/N-ethyl adjacent to an activating group) is 1. The molecular weight excluding hydrogens is 334 g/mol. The monoisotopic (exact) mass is 367 g/mol. The van der Waals surface area contributed by atoms with Crippen LogP contribution in [0, 0.1) is 0 Å². The summed E-state index contributed by atoms with van der Waals surface area (Å²) in [4.78, 5) is 11.7. The van der Waals surface area contributed by atoms with E-state index in [1.807, 2.05) is 44.3 Å². The summed E-state index contributed by atoms with van der Waals surface area (Å²) in [6.07, 6.45) is 9.66. The first kappa shape index (κ1) is 22.5. The average Bonchev–Trinajstić information content (AvgIpc) is 2.70. The zero-order valence-electron chi connectivity index (χ0n) is 17.6. The smallest absolute Gasteiger partial charge is 0.150 e. The van der Waals surface area contributed by atoms with Crippen molar-refractivity contribution >= 4 is 6.29 Å². The van der Waals surface area contributed by atoms with E-state index in [0.29, 0.717) is 5.57 Å². The Bertz CT molecular complexity index is 751. The molecule has 146 valence electrons. The summed E-state index contributed by atoms with van der Waals surface area (Å²) in [5, 5.41) is 3.20. The van der Waals surface area contributed by atoms with Crippen molar-refractivity contribution in [2.45, 2.75) is 47.0 Å². The molecule has 1 rings (SSSR count). The predicted octanol–water partition coefficient (Wildman–Crippen LogP) is 5.55. The summed E-state index contributed by atoms with van der Waals surface area (Å²) >= 11 is 0. The van der Waals surface area contributed by atoms with Crippen LogP contribution in [0.4, 0.5) is 0 Å². The van der Waals surface area contributed by atoms with Crippen LogP contribution >= 0.6 is 0 Å². The molecule has 0 spiro atoms. The van der Waals surface area contributed by atoms with Gasteiger partial charge in [0.05, 0.1) is 7.11 Å². The molecule has 1 aromatic carbocycles. The largest absolute Gasteiger partial charge is 0.497 e. The maximum absolute atomic E-state index is 11.7. The number of aldehydes is 1. The summed E-state index contributed by atoms with van der Waals surface area (Å²) in [5.41, 5.74) is 6.39. The van der Waals surface area contributed by atoms with Crippen molar-refractivity contribution < 1.29 is 9.53 Å². The lowest BCUT2D eigenvalue weighted by atomic mass is 9.96. The molecule has 0 unspecified atom stereocenters. The lowest BCUT2D eigenvalue weighted by molar-refractivity contribution is -0.104. The van der Waals surface area contributed by atoms with Crippen LogP contribution in [0.25, 0.3) is 0 Å². The standard InChI is InChI=1S/C24H33NO2/c1-7-10-24(25-5)19(4)13-21(17-26)15-22(18(3)8-2)14-20-11-9-12-23(16-20)27-6/h9-13,15-17,25H,7-8,14H2,1-6H3/b19-13+,21-15+,22-18?,24-10-. The van der Waals surface area contributed by atoms with E-state index in [-0.39, 0.29) is 0 Å². The number of hydrogen-bond acceptors (Lipinski definition) is 3. The molecule has 0 heterocycles. The lowest BCUT2D eigenvalue weighted by Gasteiger charge is -2.11. The number of benzene rings is 1. The minimum Gasteiger partial charge on any atom is -0.497 e. The second kappa shape index (κ2) is 11.9. The maximum atomic E-state index is 11.7. The topological polar surface area (TPSA) is 38.3 Å². The highest BCUT2D eigenvalue weighted by Gasteiger charge is 2.05. The highest BCUT2D eigenvalue weighted by atomic mass is 16.5. The van der Waals surface area contributed by atoms with Crippen molar-refractivity contribution in [2.24, 2.45) is 0 Å². The second-order valence-corrected chi connectivity index (χ2v) is 6.55. The number of allylic oxidation sites excluding steroid dienone is 7. The molecule has 0 atom stereocenters. The van der Waals surface area contributed by atoms with Crippen LogP contribution in [0.1, 0.15) is 46.1 Å². The molecule has 3 heteroatoms. The first-order chi connectivity index (χ1) is 13.0. The van der Waals surface area contributed by atoms with Gasteiger partial charge in [-0.25, -0.2) is 0 Å². The molecule has 0 saturated heterocycles. The van der Waals surface area contributed by atoms with Crippen molar-refractivity contribution in [3.8, 4) is 5.75 Å². The average molecular weight is 368 g/mol. The Morgan fingerprint density at radius 1 is 1.19 bits per heavy atom. The number of ether oxygens (including phenoxy) is 1. The summed E-state index contributed by atoms with van der Waals surface area (Å²) in [6.45, 7) is 8.38. The van der Waals surface area contributed by atoms with Crippen LogP contribution in [-0.4, -0.2) is 20.4 Å². The lowest BCUT2D eigenvalue weighted by Crippen LogP contribution is -2.07. The summed E-state index contributed by atoms with van der Waals surface area (Å²) in [6, 6.07) is 8.07. The van der Waals surface area contributed by atoms with Gasteiger partial charge in [-0.15, -0.1) is 0 Å². The van der Waals surface area contributed by atoms with Gasteiger partial charge in [0.2, 0.25) is 0 Å².